The Morgan fingerprint density at radius 3 is 2.32 bits per heavy atom. The number of hydrogen-bond acceptors (Lipinski definition) is 2. The molecule has 0 heterocycles. The van der Waals surface area contributed by atoms with Crippen LogP contribution in [0.2, 0.25) is 0 Å². The van der Waals surface area contributed by atoms with E-state index in [4.69, 9.17) is 0 Å². The van der Waals surface area contributed by atoms with Gasteiger partial charge in [0.25, 0.3) is 5.91 Å². The lowest BCUT2D eigenvalue weighted by molar-refractivity contribution is -0.0498. The smallest absolute Gasteiger partial charge is 0.387 e. The van der Waals surface area contributed by atoms with Crippen LogP contribution in [0.4, 0.5) is 14.5 Å². The lowest BCUT2D eigenvalue weighted by Gasteiger charge is -2.23. The van der Waals surface area contributed by atoms with Crippen molar-refractivity contribution in [3.05, 3.63) is 59.7 Å². The Labute approximate surface area is 128 Å². The summed E-state index contributed by atoms with van der Waals surface area (Å²) in [7, 11) is 0. The Hall–Kier alpha value is -2.43. The van der Waals surface area contributed by atoms with Crippen molar-refractivity contribution in [1.82, 2.24) is 0 Å². The van der Waals surface area contributed by atoms with E-state index >= 15 is 0 Å². The number of carbonyl (C=O) groups excluding carboxylic acids is 1. The van der Waals surface area contributed by atoms with Crippen molar-refractivity contribution in [2.75, 3.05) is 11.4 Å². The second-order valence-corrected chi connectivity index (χ2v) is 4.74. The van der Waals surface area contributed by atoms with Crippen LogP contribution in [0, 0.1) is 6.92 Å². The highest BCUT2D eigenvalue weighted by Crippen LogP contribution is 2.22. The van der Waals surface area contributed by atoms with Crippen LogP contribution in [0.5, 0.6) is 5.75 Å². The number of halogens is 2. The monoisotopic (exact) mass is 305 g/mol. The van der Waals surface area contributed by atoms with Gasteiger partial charge < -0.3 is 9.64 Å². The predicted octanol–water partition coefficient (Wildman–Crippen LogP) is 4.26. The molecule has 0 aliphatic heterocycles. The summed E-state index contributed by atoms with van der Waals surface area (Å²) in [6.07, 6.45) is 0. The van der Waals surface area contributed by atoms with Gasteiger partial charge in [-0.15, -0.1) is 0 Å². The van der Waals surface area contributed by atoms with Crippen LogP contribution >= 0.6 is 0 Å². The molecule has 0 saturated heterocycles. The number of amides is 1. The first kappa shape index (κ1) is 15.9. The lowest BCUT2D eigenvalue weighted by atomic mass is 10.1. The van der Waals surface area contributed by atoms with E-state index in [9.17, 15) is 13.6 Å². The molecule has 2 rings (SSSR count). The van der Waals surface area contributed by atoms with E-state index in [1.54, 1.807) is 4.90 Å². The third-order valence-corrected chi connectivity index (χ3v) is 3.29. The summed E-state index contributed by atoms with van der Waals surface area (Å²) in [6.45, 7) is 1.46. The number of para-hydroxylation sites is 1. The van der Waals surface area contributed by atoms with Gasteiger partial charge in [0, 0.05) is 17.8 Å². The van der Waals surface area contributed by atoms with Gasteiger partial charge in [-0.25, -0.2) is 0 Å². The molecule has 3 nitrogen and oxygen atoms in total. The number of rotatable bonds is 5. The van der Waals surface area contributed by atoms with Crippen molar-refractivity contribution < 1.29 is 18.3 Å². The largest absolute Gasteiger partial charge is 0.435 e. The zero-order valence-corrected chi connectivity index (χ0v) is 12.4. The molecule has 22 heavy (non-hydrogen) atoms. The number of alkyl halides is 2. The number of aryl methyl sites for hydroxylation is 1. The molecule has 0 bridgehead atoms. The fourth-order valence-corrected chi connectivity index (χ4v) is 2.22. The van der Waals surface area contributed by atoms with E-state index in [0.717, 1.165) is 11.3 Å². The van der Waals surface area contributed by atoms with Crippen molar-refractivity contribution in [3.63, 3.8) is 0 Å². The van der Waals surface area contributed by atoms with Gasteiger partial charge in [0.05, 0.1) is 0 Å². The molecule has 0 N–H and O–H groups in total. The molecule has 0 radical (unpaired) electrons. The van der Waals surface area contributed by atoms with Crippen molar-refractivity contribution in [1.29, 1.82) is 0 Å². The van der Waals surface area contributed by atoms with Crippen LogP contribution < -0.4 is 9.64 Å². The first-order chi connectivity index (χ1) is 10.5. The van der Waals surface area contributed by atoms with Crippen molar-refractivity contribution >= 4 is 11.6 Å². The van der Waals surface area contributed by atoms with Crippen molar-refractivity contribution in [3.8, 4) is 5.75 Å². The summed E-state index contributed by atoms with van der Waals surface area (Å²) < 4.78 is 28.5. The fraction of sp³-hybridized carbons (Fsp3) is 0.235. The Balaban J connectivity index is 2.24. The third-order valence-electron chi connectivity index (χ3n) is 3.29. The third kappa shape index (κ3) is 3.61. The Bertz CT molecular complexity index is 641. The Morgan fingerprint density at radius 2 is 1.77 bits per heavy atom. The lowest BCUT2D eigenvalue weighted by Crippen LogP contribution is -2.31. The van der Waals surface area contributed by atoms with E-state index < -0.39 is 6.61 Å². The summed E-state index contributed by atoms with van der Waals surface area (Å²) in [5.74, 6) is -0.147. The highest BCUT2D eigenvalue weighted by atomic mass is 19.3. The number of hydrogen-bond donors (Lipinski definition) is 0. The van der Waals surface area contributed by atoms with Crippen molar-refractivity contribution in [2.24, 2.45) is 0 Å². The summed E-state index contributed by atoms with van der Waals surface area (Å²) in [6, 6.07) is 13.3. The minimum atomic E-state index is -2.87. The highest BCUT2D eigenvalue weighted by molar-refractivity contribution is 6.06. The maximum atomic E-state index is 12.6. The van der Waals surface area contributed by atoms with E-state index in [2.05, 4.69) is 4.74 Å². The van der Waals surface area contributed by atoms with Gasteiger partial charge in [-0.05, 0) is 49.7 Å². The van der Waals surface area contributed by atoms with Gasteiger partial charge >= 0.3 is 6.61 Å². The van der Waals surface area contributed by atoms with Gasteiger partial charge in [0.2, 0.25) is 0 Å². The number of anilines is 1. The SMILES string of the molecule is CCN(C(=O)c1ccc(OC(F)F)cc1)c1ccccc1C. The molecule has 0 aliphatic carbocycles. The summed E-state index contributed by atoms with van der Waals surface area (Å²) in [4.78, 5) is 14.3. The molecule has 5 heteroatoms. The average Bonchev–Trinajstić information content (AvgIpc) is 2.50. The highest BCUT2D eigenvalue weighted by Gasteiger charge is 2.17. The van der Waals surface area contributed by atoms with E-state index in [1.165, 1.54) is 24.3 Å². The van der Waals surface area contributed by atoms with Crippen LogP contribution in [-0.2, 0) is 0 Å². The standard InChI is InChI=1S/C17H17F2NO2/c1-3-20(15-7-5-4-6-12(15)2)16(21)13-8-10-14(11-9-13)22-17(18)19/h4-11,17H,3H2,1-2H3. The molecule has 0 fully saturated rings. The number of ether oxygens (including phenoxy) is 1. The maximum absolute atomic E-state index is 12.6. The van der Waals surface area contributed by atoms with Gasteiger partial charge in [0.1, 0.15) is 5.75 Å². The predicted molar refractivity (Wildman–Crippen MR) is 81.6 cm³/mol. The summed E-state index contributed by atoms with van der Waals surface area (Å²) in [5, 5.41) is 0. The van der Waals surface area contributed by atoms with E-state index in [0.29, 0.717) is 12.1 Å². The second-order valence-electron chi connectivity index (χ2n) is 4.74. The fourth-order valence-electron chi connectivity index (χ4n) is 2.22. The van der Waals surface area contributed by atoms with E-state index in [-0.39, 0.29) is 11.7 Å². The van der Waals surface area contributed by atoms with Crippen LogP contribution in [0.15, 0.2) is 48.5 Å². The summed E-state index contributed by atoms with van der Waals surface area (Å²) in [5.41, 5.74) is 2.25. The first-order valence-electron chi connectivity index (χ1n) is 6.95. The molecule has 0 aliphatic rings. The van der Waals surface area contributed by atoms with Crippen LogP contribution in [0.1, 0.15) is 22.8 Å². The Kier molecular flexibility index (Phi) is 5.09. The molecule has 2 aromatic rings. The zero-order valence-electron chi connectivity index (χ0n) is 12.4. The topological polar surface area (TPSA) is 29.5 Å². The van der Waals surface area contributed by atoms with Gasteiger partial charge in [-0.3, -0.25) is 4.79 Å². The first-order valence-corrected chi connectivity index (χ1v) is 6.95. The molecular formula is C17H17F2NO2. The number of carbonyl (C=O) groups is 1. The average molecular weight is 305 g/mol. The molecule has 0 spiro atoms. The van der Waals surface area contributed by atoms with Gasteiger partial charge in [0.15, 0.2) is 0 Å². The molecule has 0 atom stereocenters. The minimum absolute atomic E-state index is 0.0329. The van der Waals surface area contributed by atoms with Crippen LogP contribution in [-0.4, -0.2) is 19.1 Å². The molecule has 116 valence electrons. The van der Waals surface area contributed by atoms with Crippen LogP contribution in [0.3, 0.4) is 0 Å². The molecule has 2 aromatic carbocycles. The summed E-state index contributed by atoms with van der Waals surface area (Å²) >= 11 is 0. The zero-order chi connectivity index (χ0) is 16.1. The van der Waals surface area contributed by atoms with Crippen molar-refractivity contribution in [2.45, 2.75) is 20.5 Å². The number of nitrogens with zero attached hydrogens (tertiary/aromatic N) is 1. The van der Waals surface area contributed by atoms with Crippen LogP contribution in [0.25, 0.3) is 0 Å². The minimum Gasteiger partial charge on any atom is -0.435 e. The molecule has 0 aromatic heterocycles. The molecule has 0 saturated carbocycles. The van der Waals surface area contributed by atoms with Gasteiger partial charge in [-0.2, -0.15) is 8.78 Å². The Morgan fingerprint density at radius 1 is 1.14 bits per heavy atom. The second kappa shape index (κ2) is 7.02. The van der Waals surface area contributed by atoms with Gasteiger partial charge in [-0.1, -0.05) is 18.2 Å². The quantitative estimate of drug-likeness (QED) is 0.826. The molecular weight excluding hydrogens is 288 g/mol. The molecule has 0 unspecified atom stereocenters. The van der Waals surface area contributed by atoms with E-state index in [1.807, 2.05) is 38.1 Å². The normalized spacial score (nSPS) is 10.6. The number of benzene rings is 2. The molecule has 1 amide bonds. The maximum Gasteiger partial charge on any atom is 0.387 e.